The third kappa shape index (κ3) is 1.07. The molecule has 0 bridgehead atoms. The molecule has 0 N–H and O–H groups in total. The van der Waals surface area contributed by atoms with E-state index in [1.54, 1.807) is 0 Å². The van der Waals surface area contributed by atoms with Crippen LogP contribution in [0.3, 0.4) is 0 Å². The van der Waals surface area contributed by atoms with E-state index in [9.17, 15) is 0 Å². The van der Waals surface area contributed by atoms with Crippen molar-refractivity contribution in [2.75, 3.05) is 0 Å². The summed E-state index contributed by atoms with van der Waals surface area (Å²) >= 11 is 0. The summed E-state index contributed by atoms with van der Waals surface area (Å²) in [4.78, 5) is 4.32. The quantitative estimate of drug-likeness (QED) is 0.618. The number of aromatic nitrogens is 1. The molecule has 1 nitrogen and oxygen atoms in total. The standard InChI is InChI=1S/C11H10N/c1-2-9-5-3-6-10-7-4-8-12-11(9)10/h3-4,6-8H,2H2,1H3. The van der Waals surface area contributed by atoms with Gasteiger partial charge < -0.3 is 0 Å². The number of aryl methyl sites for hydroxylation is 1. The topological polar surface area (TPSA) is 12.9 Å². The summed E-state index contributed by atoms with van der Waals surface area (Å²) in [7, 11) is 0. The number of benzene rings is 1. The summed E-state index contributed by atoms with van der Waals surface area (Å²) in [5.41, 5.74) is 2.29. The van der Waals surface area contributed by atoms with Gasteiger partial charge in [0.15, 0.2) is 0 Å². The van der Waals surface area contributed by atoms with Gasteiger partial charge in [0.2, 0.25) is 0 Å². The second-order valence-corrected chi connectivity index (χ2v) is 2.75. The van der Waals surface area contributed by atoms with Crippen LogP contribution in [0, 0.1) is 6.07 Å². The van der Waals surface area contributed by atoms with Gasteiger partial charge in [-0.1, -0.05) is 25.1 Å². The molecule has 1 aromatic heterocycles. The molecule has 1 radical (unpaired) electrons. The summed E-state index contributed by atoms with van der Waals surface area (Å²) in [6.07, 6.45) is 2.82. The maximum Gasteiger partial charge on any atom is 0.0739 e. The van der Waals surface area contributed by atoms with Crippen LogP contribution in [0.1, 0.15) is 12.5 Å². The number of fused-ring (bicyclic) bond motifs is 1. The zero-order chi connectivity index (χ0) is 8.39. The fraction of sp³-hybridized carbons (Fsp3) is 0.182. The number of nitrogens with zero attached hydrogens (tertiary/aromatic N) is 1. The third-order valence-electron chi connectivity index (χ3n) is 2.00. The molecule has 0 aliphatic carbocycles. The average molecular weight is 156 g/mol. The molecule has 2 aromatic rings. The molecular formula is C11H10N. The highest BCUT2D eigenvalue weighted by molar-refractivity contribution is 5.81. The zero-order valence-corrected chi connectivity index (χ0v) is 7.04. The number of rotatable bonds is 1. The van der Waals surface area contributed by atoms with E-state index in [1.807, 2.05) is 24.4 Å². The Bertz CT molecular complexity index is 388. The van der Waals surface area contributed by atoms with Crippen LogP contribution in [-0.4, -0.2) is 4.98 Å². The zero-order valence-electron chi connectivity index (χ0n) is 7.04. The van der Waals surface area contributed by atoms with Gasteiger partial charge in [-0.25, -0.2) is 0 Å². The fourth-order valence-corrected chi connectivity index (χ4v) is 1.37. The molecule has 2 rings (SSSR count). The Morgan fingerprint density at radius 2 is 2.33 bits per heavy atom. The van der Waals surface area contributed by atoms with Crippen LogP contribution in [0.5, 0.6) is 0 Å². The van der Waals surface area contributed by atoms with E-state index >= 15 is 0 Å². The van der Waals surface area contributed by atoms with Gasteiger partial charge in [-0.15, -0.1) is 0 Å². The van der Waals surface area contributed by atoms with E-state index in [2.05, 4.69) is 24.0 Å². The van der Waals surface area contributed by atoms with Crippen molar-refractivity contribution in [1.29, 1.82) is 0 Å². The van der Waals surface area contributed by atoms with Crippen molar-refractivity contribution in [3.8, 4) is 0 Å². The van der Waals surface area contributed by atoms with Crippen LogP contribution >= 0.6 is 0 Å². The van der Waals surface area contributed by atoms with Crippen molar-refractivity contribution in [3.05, 3.63) is 42.1 Å². The maximum atomic E-state index is 4.32. The van der Waals surface area contributed by atoms with E-state index < -0.39 is 0 Å². The van der Waals surface area contributed by atoms with Gasteiger partial charge in [-0.2, -0.15) is 0 Å². The lowest BCUT2D eigenvalue weighted by molar-refractivity contribution is 1.14. The predicted molar refractivity (Wildman–Crippen MR) is 50.0 cm³/mol. The molecule has 0 atom stereocenters. The van der Waals surface area contributed by atoms with Gasteiger partial charge in [0.25, 0.3) is 0 Å². The van der Waals surface area contributed by atoms with Crippen LogP contribution in [0.15, 0.2) is 30.5 Å². The molecular weight excluding hydrogens is 146 g/mol. The van der Waals surface area contributed by atoms with E-state index in [0.717, 1.165) is 11.9 Å². The van der Waals surface area contributed by atoms with Gasteiger partial charge in [0.1, 0.15) is 0 Å². The molecule has 0 amide bonds. The molecule has 59 valence electrons. The van der Waals surface area contributed by atoms with Crippen molar-refractivity contribution in [2.24, 2.45) is 0 Å². The van der Waals surface area contributed by atoms with Crippen LogP contribution in [-0.2, 0) is 6.42 Å². The Balaban J connectivity index is 2.79. The molecule has 0 aliphatic heterocycles. The first-order valence-corrected chi connectivity index (χ1v) is 4.16. The minimum atomic E-state index is 0.994. The summed E-state index contributed by atoms with van der Waals surface area (Å²) in [6, 6.07) is 11.2. The molecule has 0 aliphatic rings. The molecule has 1 heterocycles. The fourth-order valence-electron chi connectivity index (χ4n) is 1.37. The Kier molecular flexibility index (Phi) is 1.78. The Labute approximate surface area is 72.1 Å². The second-order valence-electron chi connectivity index (χ2n) is 2.75. The lowest BCUT2D eigenvalue weighted by Gasteiger charge is -2.00. The highest BCUT2D eigenvalue weighted by atomic mass is 14.6. The smallest absolute Gasteiger partial charge is 0.0739 e. The number of pyridine rings is 1. The lowest BCUT2D eigenvalue weighted by Crippen LogP contribution is -1.85. The minimum Gasteiger partial charge on any atom is -0.256 e. The van der Waals surface area contributed by atoms with E-state index in [4.69, 9.17) is 0 Å². The molecule has 0 unspecified atom stereocenters. The van der Waals surface area contributed by atoms with Gasteiger partial charge in [-0.3, -0.25) is 4.98 Å². The molecule has 0 spiro atoms. The molecule has 0 saturated heterocycles. The second kappa shape index (κ2) is 2.94. The molecule has 12 heavy (non-hydrogen) atoms. The summed E-state index contributed by atoms with van der Waals surface area (Å²) in [5.74, 6) is 0. The van der Waals surface area contributed by atoms with E-state index in [0.29, 0.717) is 0 Å². The summed E-state index contributed by atoms with van der Waals surface area (Å²) < 4.78 is 0. The highest BCUT2D eigenvalue weighted by Crippen LogP contribution is 2.15. The third-order valence-corrected chi connectivity index (χ3v) is 2.00. The Morgan fingerprint density at radius 1 is 1.42 bits per heavy atom. The molecule has 1 heteroatoms. The Morgan fingerprint density at radius 3 is 3.17 bits per heavy atom. The number of hydrogen-bond donors (Lipinski definition) is 0. The largest absolute Gasteiger partial charge is 0.256 e. The van der Waals surface area contributed by atoms with Crippen LogP contribution in [0.25, 0.3) is 10.9 Å². The Hall–Kier alpha value is -1.37. The first-order valence-electron chi connectivity index (χ1n) is 4.16. The van der Waals surface area contributed by atoms with Crippen molar-refractivity contribution in [3.63, 3.8) is 0 Å². The van der Waals surface area contributed by atoms with Crippen molar-refractivity contribution in [1.82, 2.24) is 4.98 Å². The summed E-state index contributed by atoms with van der Waals surface area (Å²) in [5, 5.41) is 1.20. The van der Waals surface area contributed by atoms with Crippen molar-refractivity contribution in [2.45, 2.75) is 13.3 Å². The van der Waals surface area contributed by atoms with Crippen LogP contribution in [0.4, 0.5) is 0 Å². The normalized spacial score (nSPS) is 10.4. The SMILES string of the molecule is CCc1[c]ccc2cccnc12. The molecule has 0 fully saturated rings. The van der Waals surface area contributed by atoms with E-state index in [1.165, 1.54) is 10.9 Å². The van der Waals surface area contributed by atoms with Gasteiger partial charge >= 0.3 is 0 Å². The minimum absolute atomic E-state index is 0.994. The molecule has 0 saturated carbocycles. The lowest BCUT2D eigenvalue weighted by atomic mass is 10.1. The van der Waals surface area contributed by atoms with Crippen LogP contribution < -0.4 is 0 Å². The van der Waals surface area contributed by atoms with Gasteiger partial charge in [0, 0.05) is 11.6 Å². The van der Waals surface area contributed by atoms with Gasteiger partial charge in [0.05, 0.1) is 5.52 Å². The van der Waals surface area contributed by atoms with Crippen LogP contribution in [0.2, 0.25) is 0 Å². The average Bonchev–Trinajstić information content (AvgIpc) is 2.17. The van der Waals surface area contributed by atoms with Gasteiger partial charge in [-0.05, 0) is 24.1 Å². The first kappa shape index (κ1) is 7.29. The first-order chi connectivity index (χ1) is 5.92. The maximum absolute atomic E-state index is 4.32. The number of hydrogen-bond acceptors (Lipinski definition) is 1. The highest BCUT2D eigenvalue weighted by Gasteiger charge is 1.97. The predicted octanol–water partition coefficient (Wildman–Crippen LogP) is 2.60. The summed E-state index contributed by atoms with van der Waals surface area (Å²) in [6.45, 7) is 2.12. The monoisotopic (exact) mass is 156 g/mol. The van der Waals surface area contributed by atoms with E-state index in [-0.39, 0.29) is 0 Å². The molecule has 1 aromatic carbocycles. The van der Waals surface area contributed by atoms with Crippen molar-refractivity contribution >= 4 is 10.9 Å². The van der Waals surface area contributed by atoms with Crippen molar-refractivity contribution < 1.29 is 0 Å².